The zero-order valence-electron chi connectivity index (χ0n) is 7.62. The molecule has 13 heavy (non-hydrogen) atoms. The van der Waals surface area contributed by atoms with E-state index in [-0.39, 0.29) is 12.1 Å². The molecule has 0 aliphatic heterocycles. The number of anilines is 1. The Labute approximate surface area is 82.1 Å². The van der Waals surface area contributed by atoms with E-state index in [0.717, 1.165) is 6.42 Å². The van der Waals surface area contributed by atoms with Crippen LogP contribution in [0.15, 0.2) is 6.07 Å². The van der Waals surface area contributed by atoms with Gasteiger partial charge in [-0.1, -0.05) is 18.5 Å². The van der Waals surface area contributed by atoms with Gasteiger partial charge >= 0.3 is 6.01 Å². The van der Waals surface area contributed by atoms with Crippen molar-refractivity contribution >= 4 is 17.4 Å². The predicted molar refractivity (Wildman–Crippen MR) is 51.8 cm³/mol. The third-order valence-electron chi connectivity index (χ3n) is 1.58. The van der Waals surface area contributed by atoms with Gasteiger partial charge in [-0.05, 0) is 13.3 Å². The van der Waals surface area contributed by atoms with Crippen molar-refractivity contribution in [3.05, 3.63) is 11.2 Å². The molecule has 72 valence electrons. The molecule has 1 unspecified atom stereocenters. The Balaban J connectivity index is 2.77. The molecule has 4 nitrogen and oxygen atoms in total. The lowest BCUT2D eigenvalue weighted by molar-refractivity contribution is 0.199. The molecule has 0 saturated carbocycles. The summed E-state index contributed by atoms with van der Waals surface area (Å²) in [6, 6.07) is 1.71. The second-order valence-corrected chi connectivity index (χ2v) is 3.12. The van der Waals surface area contributed by atoms with Crippen molar-refractivity contribution in [3.8, 4) is 6.01 Å². The Morgan fingerprint density at radius 1 is 1.62 bits per heavy atom. The molecule has 0 aliphatic carbocycles. The molecule has 1 aromatic rings. The van der Waals surface area contributed by atoms with Crippen LogP contribution in [0.3, 0.4) is 0 Å². The van der Waals surface area contributed by atoms with Crippen LogP contribution in [0.25, 0.3) is 0 Å². The number of ether oxygens (including phenoxy) is 1. The third kappa shape index (κ3) is 3.06. The van der Waals surface area contributed by atoms with Crippen LogP contribution in [-0.4, -0.2) is 16.1 Å². The van der Waals surface area contributed by atoms with E-state index in [0.29, 0.717) is 11.0 Å². The summed E-state index contributed by atoms with van der Waals surface area (Å²) in [7, 11) is 0. The van der Waals surface area contributed by atoms with Gasteiger partial charge in [0.2, 0.25) is 0 Å². The first kappa shape index (κ1) is 10.1. The van der Waals surface area contributed by atoms with E-state index in [1.54, 1.807) is 0 Å². The fourth-order valence-corrected chi connectivity index (χ4v) is 0.913. The van der Waals surface area contributed by atoms with Crippen molar-refractivity contribution in [2.75, 3.05) is 5.73 Å². The van der Waals surface area contributed by atoms with Crippen LogP contribution in [-0.2, 0) is 0 Å². The van der Waals surface area contributed by atoms with Gasteiger partial charge in [-0.3, -0.25) is 0 Å². The maximum absolute atomic E-state index is 5.67. The summed E-state index contributed by atoms with van der Waals surface area (Å²) in [6.45, 7) is 3.94. The van der Waals surface area contributed by atoms with Gasteiger partial charge in [0.15, 0.2) is 0 Å². The topological polar surface area (TPSA) is 61.0 Å². The quantitative estimate of drug-likeness (QED) is 0.759. The molecular formula is C8H12ClN3O. The third-order valence-corrected chi connectivity index (χ3v) is 1.77. The van der Waals surface area contributed by atoms with Crippen molar-refractivity contribution in [1.29, 1.82) is 0 Å². The molecule has 0 aliphatic rings. The van der Waals surface area contributed by atoms with Gasteiger partial charge in [0.05, 0.1) is 6.10 Å². The summed E-state index contributed by atoms with van der Waals surface area (Å²) < 4.78 is 5.34. The Morgan fingerprint density at radius 2 is 2.31 bits per heavy atom. The Bertz CT molecular complexity index is 272. The number of nitrogen functional groups attached to an aromatic ring is 1. The molecule has 0 saturated heterocycles. The second-order valence-electron chi connectivity index (χ2n) is 2.73. The number of rotatable bonds is 3. The molecule has 0 spiro atoms. The maximum Gasteiger partial charge on any atom is 0.320 e. The molecule has 0 radical (unpaired) electrons. The number of halogens is 1. The second kappa shape index (κ2) is 4.28. The van der Waals surface area contributed by atoms with Crippen LogP contribution < -0.4 is 10.5 Å². The summed E-state index contributed by atoms with van der Waals surface area (Å²) in [5.41, 5.74) is 5.46. The Hall–Kier alpha value is -1.03. The minimum absolute atomic E-state index is 0.0675. The van der Waals surface area contributed by atoms with E-state index >= 15 is 0 Å². The molecule has 1 rings (SSSR count). The lowest BCUT2D eigenvalue weighted by Gasteiger charge is -2.10. The smallest absolute Gasteiger partial charge is 0.320 e. The highest BCUT2D eigenvalue weighted by atomic mass is 35.5. The van der Waals surface area contributed by atoms with E-state index in [4.69, 9.17) is 22.1 Å². The van der Waals surface area contributed by atoms with Gasteiger partial charge in [0.1, 0.15) is 11.0 Å². The SMILES string of the molecule is CCC(C)Oc1nc(N)cc(Cl)n1. The van der Waals surface area contributed by atoms with Crippen LogP contribution in [0.4, 0.5) is 5.82 Å². The van der Waals surface area contributed by atoms with Crippen molar-refractivity contribution in [2.45, 2.75) is 26.4 Å². The van der Waals surface area contributed by atoms with Crippen LogP contribution in [0.2, 0.25) is 5.15 Å². The molecule has 0 amide bonds. The standard InChI is InChI=1S/C8H12ClN3O/c1-3-5(2)13-8-11-6(9)4-7(10)12-8/h4-5H,3H2,1-2H3,(H2,10,11,12). The summed E-state index contributed by atoms with van der Waals surface area (Å²) in [6.07, 6.45) is 0.952. The van der Waals surface area contributed by atoms with E-state index in [1.807, 2.05) is 13.8 Å². The monoisotopic (exact) mass is 201 g/mol. The average Bonchev–Trinajstić information content (AvgIpc) is 2.02. The molecule has 1 heterocycles. The minimum Gasteiger partial charge on any atom is -0.460 e. The molecule has 2 N–H and O–H groups in total. The van der Waals surface area contributed by atoms with Gasteiger partial charge in [-0.25, -0.2) is 0 Å². The first-order chi connectivity index (χ1) is 6.11. The molecule has 0 aromatic carbocycles. The van der Waals surface area contributed by atoms with E-state index < -0.39 is 0 Å². The minimum atomic E-state index is 0.0675. The maximum atomic E-state index is 5.67. The molecule has 5 heteroatoms. The normalized spacial score (nSPS) is 12.5. The lowest BCUT2D eigenvalue weighted by Crippen LogP contribution is -2.12. The number of aromatic nitrogens is 2. The van der Waals surface area contributed by atoms with Gasteiger partial charge in [-0.15, -0.1) is 0 Å². The van der Waals surface area contributed by atoms with Crippen molar-refractivity contribution < 1.29 is 4.74 Å². The highest BCUT2D eigenvalue weighted by Crippen LogP contribution is 2.14. The van der Waals surface area contributed by atoms with Gasteiger partial charge < -0.3 is 10.5 Å². The Kier molecular flexibility index (Phi) is 3.31. The van der Waals surface area contributed by atoms with Crippen LogP contribution in [0, 0.1) is 0 Å². The highest BCUT2D eigenvalue weighted by Gasteiger charge is 2.05. The fourth-order valence-electron chi connectivity index (χ4n) is 0.729. The van der Waals surface area contributed by atoms with E-state index in [1.165, 1.54) is 6.07 Å². The zero-order valence-corrected chi connectivity index (χ0v) is 8.38. The number of hydrogen-bond donors (Lipinski definition) is 1. The lowest BCUT2D eigenvalue weighted by atomic mass is 10.3. The zero-order chi connectivity index (χ0) is 9.84. The summed E-state index contributed by atoms with van der Waals surface area (Å²) in [4.78, 5) is 7.76. The van der Waals surface area contributed by atoms with Gasteiger partial charge in [0, 0.05) is 6.07 Å². The average molecular weight is 202 g/mol. The Morgan fingerprint density at radius 3 is 2.85 bits per heavy atom. The van der Waals surface area contributed by atoms with E-state index in [9.17, 15) is 0 Å². The van der Waals surface area contributed by atoms with Crippen LogP contribution in [0.1, 0.15) is 20.3 Å². The van der Waals surface area contributed by atoms with E-state index in [2.05, 4.69) is 9.97 Å². The number of nitrogens with two attached hydrogens (primary N) is 1. The van der Waals surface area contributed by atoms with Crippen molar-refractivity contribution in [2.24, 2.45) is 0 Å². The molecule has 1 atom stereocenters. The first-order valence-electron chi connectivity index (χ1n) is 4.08. The molecular weight excluding hydrogens is 190 g/mol. The first-order valence-corrected chi connectivity index (χ1v) is 4.46. The summed E-state index contributed by atoms with van der Waals surface area (Å²) in [5.74, 6) is 0.318. The van der Waals surface area contributed by atoms with Crippen LogP contribution in [0.5, 0.6) is 6.01 Å². The fraction of sp³-hybridized carbons (Fsp3) is 0.500. The molecule has 0 fully saturated rings. The predicted octanol–water partition coefficient (Wildman–Crippen LogP) is 1.89. The number of nitrogens with zero attached hydrogens (tertiary/aromatic N) is 2. The van der Waals surface area contributed by atoms with Gasteiger partial charge in [0.25, 0.3) is 0 Å². The van der Waals surface area contributed by atoms with Crippen molar-refractivity contribution in [1.82, 2.24) is 9.97 Å². The summed E-state index contributed by atoms with van der Waals surface area (Å²) >= 11 is 5.67. The highest BCUT2D eigenvalue weighted by molar-refractivity contribution is 6.29. The van der Waals surface area contributed by atoms with Crippen LogP contribution >= 0.6 is 11.6 Å². The summed E-state index contributed by atoms with van der Waals surface area (Å²) in [5, 5.41) is 0.297. The molecule has 1 aromatic heterocycles. The number of hydrogen-bond acceptors (Lipinski definition) is 4. The van der Waals surface area contributed by atoms with Gasteiger partial charge in [-0.2, -0.15) is 9.97 Å². The molecule has 0 bridgehead atoms. The largest absolute Gasteiger partial charge is 0.460 e. The van der Waals surface area contributed by atoms with Crippen molar-refractivity contribution in [3.63, 3.8) is 0 Å².